The summed E-state index contributed by atoms with van der Waals surface area (Å²) in [6.07, 6.45) is 3.40. The van der Waals surface area contributed by atoms with Crippen LogP contribution in [0.1, 0.15) is 10.4 Å². The van der Waals surface area contributed by atoms with E-state index in [1.54, 1.807) is 40.8 Å². The second-order valence-electron chi connectivity index (χ2n) is 7.54. The molecule has 1 aromatic carbocycles. The van der Waals surface area contributed by atoms with Gasteiger partial charge in [0.1, 0.15) is 0 Å². The van der Waals surface area contributed by atoms with E-state index in [1.807, 2.05) is 46.7 Å². The van der Waals surface area contributed by atoms with Gasteiger partial charge in [-0.15, -0.1) is 11.3 Å². The van der Waals surface area contributed by atoms with Crippen molar-refractivity contribution in [3.63, 3.8) is 0 Å². The van der Waals surface area contributed by atoms with Crippen LogP contribution < -0.4 is 4.90 Å². The van der Waals surface area contributed by atoms with Crippen molar-refractivity contribution < 1.29 is 14.3 Å². The predicted molar refractivity (Wildman–Crippen MR) is 126 cm³/mol. The molecule has 0 saturated carbocycles. The third-order valence-electron chi connectivity index (χ3n) is 5.50. The van der Waals surface area contributed by atoms with Crippen LogP contribution >= 0.6 is 11.3 Å². The number of amides is 1. The van der Waals surface area contributed by atoms with Gasteiger partial charge in [-0.2, -0.15) is 0 Å². The lowest BCUT2D eigenvalue weighted by Gasteiger charge is -2.34. The number of piperazine rings is 1. The van der Waals surface area contributed by atoms with Gasteiger partial charge in [0.15, 0.2) is 6.61 Å². The zero-order valence-corrected chi connectivity index (χ0v) is 18.6. The SMILES string of the molecule is O=C(OCC(=O)N1CCN(c2ncccn2)CC1)c1cc(-c2cccs2)nc2ccccc12. The van der Waals surface area contributed by atoms with Crippen molar-refractivity contribution in [2.24, 2.45) is 0 Å². The molecule has 1 aliphatic heterocycles. The van der Waals surface area contributed by atoms with Gasteiger partial charge in [-0.3, -0.25) is 4.79 Å². The molecule has 9 heteroatoms. The number of carbonyl (C=O) groups excluding carboxylic acids is 2. The fourth-order valence-corrected chi connectivity index (χ4v) is 4.49. The molecule has 4 heterocycles. The van der Waals surface area contributed by atoms with E-state index >= 15 is 0 Å². The number of hydrogen-bond donors (Lipinski definition) is 0. The number of benzene rings is 1. The number of nitrogens with zero attached hydrogens (tertiary/aromatic N) is 5. The number of carbonyl (C=O) groups is 2. The third-order valence-corrected chi connectivity index (χ3v) is 6.40. The zero-order valence-electron chi connectivity index (χ0n) is 17.8. The molecule has 5 rings (SSSR count). The van der Waals surface area contributed by atoms with E-state index in [9.17, 15) is 9.59 Å². The first-order valence-electron chi connectivity index (χ1n) is 10.6. The monoisotopic (exact) mass is 459 g/mol. The number of fused-ring (bicyclic) bond motifs is 1. The van der Waals surface area contributed by atoms with Crippen LogP contribution in [-0.2, 0) is 9.53 Å². The van der Waals surface area contributed by atoms with Crippen LogP contribution in [0.15, 0.2) is 66.3 Å². The lowest BCUT2D eigenvalue weighted by molar-refractivity contribution is -0.134. The number of ether oxygens (including phenoxy) is 1. The van der Waals surface area contributed by atoms with Gasteiger partial charge < -0.3 is 14.5 Å². The van der Waals surface area contributed by atoms with E-state index in [4.69, 9.17) is 4.74 Å². The molecule has 0 bridgehead atoms. The number of para-hydroxylation sites is 1. The molecule has 4 aromatic rings. The Morgan fingerprint density at radius 3 is 2.52 bits per heavy atom. The highest BCUT2D eigenvalue weighted by atomic mass is 32.1. The van der Waals surface area contributed by atoms with Crippen LogP contribution in [-0.4, -0.2) is 64.5 Å². The zero-order chi connectivity index (χ0) is 22.6. The number of rotatable bonds is 5. The van der Waals surface area contributed by atoms with Crippen molar-refractivity contribution >= 4 is 40.1 Å². The lowest BCUT2D eigenvalue weighted by atomic mass is 10.1. The van der Waals surface area contributed by atoms with Gasteiger partial charge in [-0.25, -0.2) is 19.7 Å². The Morgan fingerprint density at radius 2 is 1.76 bits per heavy atom. The van der Waals surface area contributed by atoms with Crippen molar-refractivity contribution in [1.82, 2.24) is 19.9 Å². The Bertz CT molecular complexity index is 1270. The molecule has 166 valence electrons. The number of esters is 1. The summed E-state index contributed by atoms with van der Waals surface area (Å²) in [6, 6.07) is 14.8. The van der Waals surface area contributed by atoms with Crippen molar-refractivity contribution in [2.75, 3.05) is 37.7 Å². The van der Waals surface area contributed by atoms with Crippen molar-refractivity contribution in [2.45, 2.75) is 0 Å². The number of anilines is 1. The second-order valence-corrected chi connectivity index (χ2v) is 8.49. The molecule has 1 fully saturated rings. The summed E-state index contributed by atoms with van der Waals surface area (Å²) in [6.45, 7) is 2.00. The second kappa shape index (κ2) is 9.33. The summed E-state index contributed by atoms with van der Waals surface area (Å²) in [5, 5.41) is 2.67. The van der Waals surface area contributed by atoms with Gasteiger partial charge in [-0.05, 0) is 29.6 Å². The van der Waals surface area contributed by atoms with Crippen LogP contribution in [0.3, 0.4) is 0 Å². The van der Waals surface area contributed by atoms with Crippen molar-refractivity contribution in [1.29, 1.82) is 0 Å². The smallest absolute Gasteiger partial charge is 0.339 e. The maximum absolute atomic E-state index is 13.0. The minimum atomic E-state index is -0.531. The van der Waals surface area contributed by atoms with Crippen LogP contribution in [0, 0.1) is 0 Å². The highest BCUT2D eigenvalue weighted by molar-refractivity contribution is 7.13. The number of aromatic nitrogens is 3. The summed E-state index contributed by atoms with van der Waals surface area (Å²) >= 11 is 1.55. The molecule has 8 nitrogen and oxygen atoms in total. The van der Waals surface area contributed by atoms with Crippen LogP contribution in [0.5, 0.6) is 0 Å². The molecule has 1 saturated heterocycles. The molecule has 0 aliphatic carbocycles. The normalized spacial score (nSPS) is 13.8. The Labute approximate surface area is 194 Å². The first kappa shape index (κ1) is 21.0. The van der Waals surface area contributed by atoms with Gasteiger partial charge in [-0.1, -0.05) is 24.3 Å². The Balaban J connectivity index is 1.25. The number of hydrogen-bond acceptors (Lipinski definition) is 8. The molecule has 0 atom stereocenters. The molecular weight excluding hydrogens is 438 g/mol. The molecule has 0 unspecified atom stereocenters. The standard InChI is InChI=1S/C24H21N5O3S/c30-22(28-10-12-29(13-11-28)24-25-8-4-9-26-24)16-32-23(31)18-15-20(21-7-3-14-33-21)27-19-6-2-1-5-17(18)19/h1-9,14-15H,10-13,16H2. The van der Waals surface area contributed by atoms with Gasteiger partial charge in [0.2, 0.25) is 5.95 Å². The molecular formula is C24H21N5O3S. The summed E-state index contributed by atoms with van der Waals surface area (Å²) in [7, 11) is 0. The Kier molecular flexibility index (Phi) is 5.95. The molecule has 0 spiro atoms. The molecule has 1 amide bonds. The molecule has 0 radical (unpaired) electrons. The first-order chi connectivity index (χ1) is 16.2. The van der Waals surface area contributed by atoms with E-state index in [0.29, 0.717) is 54.3 Å². The fourth-order valence-electron chi connectivity index (χ4n) is 3.80. The number of pyridine rings is 1. The average Bonchev–Trinajstić information content (AvgIpc) is 3.42. The Hall–Kier alpha value is -3.85. The van der Waals surface area contributed by atoms with E-state index in [1.165, 1.54) is 0 Å². The molecule has 33 heavy (non-hydrogen) atoms. The van der Waals surface area contributed by atoms with E-state index in [0.717, 1.165) is 4.88 Å². The number of thiophene rings is 1. The molecule has 0 N–H and O–H groups in total. The highest BCUT2D eigenvalue weighted by Crippen LogP contribution is 2.28. The van der Waals surface area contributed by atoms with Gasteiger partial charge in [0.05, 0.1) is 21.7 Å². The fraction of sp³-hybridized carbons (Fsp3) is 0.208. The predicted octanol–water partition coefficient (Wildman–Crippen LogP) is 3.26. The van der Waals surface area contributed by atoms with Crippen molar-refractivity contribution in [3.8, 4) is 10.6 Å². The van der Waals surface area contributed by atoms with E-state index in [2.05, 4.69) is 15.0 Å². The quantitative estimate of drug-likeness (QED) is 0.423. The topological polar surface area (TPSA) is 88.5 Å². The van der Waals surface area contributed by atoms with Crippen molar-refractivity contribution in [3.05, 3.63) is 71.9 Å². The van der Waals surface area contributed by atoms with E-state index in [-0.39, 0.29) is 12.5 Å². The van der Waals surface area contributed by atoms with Crippen LogP contribution in [0.2, 0.25) is 0 Å². The minimum absolute atomic E-state index is 0.214. The van der Waals surface area contributed by atoms with Crippen LogP contribution in [0.25, 0.3) is 21.5 Å². The van der Waals surface area contributed by atoms with Gasteiger partial charge >= 0.3 is 5.97 Å². The summed E-state index contributed by atoms with van der Waals surface area (Å²) < 4.78 is 5.44. The molecule has 3 aromatic heterocycles. The third kappa shape index (κ3) is 4.54. The Morgan fingerprint density at radius 1 is 0.970 bits per heavy atom. The summed E-state index contributed by atoms with van der Waals surface area (Å²) in [4.78, 5) is 43.5. The van der Waals surface area contributed by atoms with E-state index < -0.39 is 5.97 Å². The first-order valence-corrected chi connectivity index (χ1v) is 11.5. The maximum atomic E-state index is 13.0. The largest absolute Gasteiger partial charge is 0.452 e. The minimum Gasteiger partial charge on any atom is -0.452 e. The summed E-state index contributed by atoms with van der Waals surface area (Å²) in [5.41, 5.74) is 1.82. The highest BCUT2D eigenvalue weighted by Gasteiger charge is 2.24. The van der Waals surface area contributed by atoms with Crippen LogP contribution in [0.4, 0.5) is 5.95 Å². The van der Waals surface area contributed by atoms with Gasteiger partial charge in [0.25, 0.3) is 5.91 Å². The summed E-state index contributed by atoms with van der Waals surface area (Å²) in [5.74, 6) is -0.0907. The molecule has 1 aliphatic rings. The lowest BCUT2D eigenvalue weighted by Crippen LogP contribution is -2.50. The van der Waals surface area contributed by atoms with Gasteiger partial charge in [0, 0.05) is 44.0 Å². The maximum Gasteiger partial charge on any atom is 0.339 e. The average molecular weight is 460 g/mol.